The van der Waals surface area contributed by atoms with Crippen molar-refractivity contribution < 1.29 is 9.52 Å². The van der Waals surface area contributed by atoms with E-state index in [4.69, 9.17) is 4.42 Å². The van der Waals surface area contributed by atoms with Crippen LogP contribution in [0.3, 0.4) is 0 Å². The molecule has 0 bridgehead atoms. The molecule has 3 N–H and O–H groups in total. The third kappa shape index (κ3) is 8.23. The topological polar surface area (TPSA) is 73.0 Å². The number of nitrogens with zero attached hydrogens (tertiary/aromatic N) is 2. The lowest BCUT2D eigenvalue weighted by molar-refractivity contribution is 0.0423. The van der Waals surface area contributed by atoms with Gasteiger partial charge in [-0.25, -0.2) is 0 Å². The summed E-state index contributed by atoms with van der Waals surface area (Å²) in [6.07, 6.45) is 9.14. The minimum atomic E-state index is -0.843. The molecule has 0 aliphatic heterocycles. The average molecular weight is 365 g/mol. The first-order valence-corrected chi connectivity index (χ1v) is 9.86. The minimum Gasteiger partial charge on any atom is -0.469 e. The molecule has 1 aromatic heterocycles. The normalized spacial score (nSPS) is 18.7. The van der Waals surface area contributed by atoms with E-state index in [-0.39, 0.29) is 0 Å². The van der Waals surface area contributed by atoms with Crippen molar-refractivity contribution in [1.82, 2.24) is 15.5 Å². The van der Waals surface area contributed by atoms with Gasteiger partial charge in [-0.1, -0.05) is 19.3 Å². The molecule has 0 aromatic carbocycles. The van der Waals surface area contributed by atoms with Gasteiger partial charge >= 0.3 is 0 Å². The Bertz CT molecular complexity index is 520. The molecule has 0 spiro atoms. The second kappa shape index (κ2) is 10.6. The number of aliphatic hydroxyl groups is 1. The Balaban J connectivity index is 1.86. The Labute approximate surface area is 158 Å². The molecule has 6 heteroatoms. The molecule has 1 heterocycles. The lowest BCUT2D eigenvalue weighted by Gasteiger charge is -2.26. The van der Waals surface area contributed by atoms with Crippen LogP contribution < -0.4 is 10.6 Å². The third-order valence-electron chi connectivity index (χ3n) is 4.76. The summed E-state index contributed by atoms with van der Waals surface area (Å²) in [5.74, 6) is 2.47. The molecule has 1 aromatic rings. The van der Waals surface area contributed by atoms with Crippen LogP contribution in [0, 0.1) is 5.92 Å². The van der Waals surface area contributed by atoms with Gasteiger partial charge in [0.1, 0.15) is 5.76 Å². The van der Waals surface area contributed by atoms with Crippen LogP contribution >= 0.6 is 0 Å². The summed E-state index contributed by atoms with van der Waals surface area (Å²) < 4.78 is 5.38. The molecule has 1 aliphatic rings. The monoisotopic (exact) mass is 364 g/mol. The maximum atomic E-state index is 10.5. The lowest BCUT2D eigenvalue weighted by Crippen LogP contribution is -2.44. The fourth-order valence-electron chi connectivity index (χ4n) is 3.55. The summed E-state index contributed by atoms with van der Waals surface area (Å²) in [4.78, 5) is 6.62. The van der Waals surface area contributed by atoms with Gasteiger partial charge in [0.2, 0.25) is 0 Å². The van der Waals surface area contributed by atoms with E-state index in [1.807, 2.05) is 38.1 Å². The van der Waals surface area contributed by atoms with E-state index >= 15 is 0 Å². The van der Waals surface area contributed by atoms with E-state index in [0.29, 0.717) is 13.1 Å². The van der Waals surface area contributed by atoms with Crippen LogP contribution in [0.15, 0.2) is 27.8 Å². The Morgan fingerprint density at radius 2 is 2.08 bits per heavy atom. The van der Waals surface area contributed by atoms with Gasteiger partial charge in [-0.15, -0.1) is 0 Å². The highest BCUT2D eigenvalue weighted by atomic mass is 16.3. The van der Waals surface area contributed by atoms with E-state index < -0.39 is 5.60 Å². The number of likely N-dealkylation sites (N-methyl/N-ethyl adjacent to an activating group) is 1. The second-order valence-electron chi connectivity index (χ2n) is 8.04. The molecular weight excluding hydrogens is 328 g/mol. The zero-order valence-corrected chi connectivity index (χ0v) is 16.6. The summed E-state index contributed by atoms with van der Waals surface area (Å²) in [6, 6.07) is 3.89. The first-order chi connectivity index (χ1) is 12.4. The molecule has 0 amide bonds. The summed E-state index contributed by atoms with van der Waals surface area (Å²) in [6.45, 7) is 4.48. The van der Waals surface area contributed by atoms with Crippen LogP contribution in [0.2, 0.25) is 0 Å². The predicted molar refractivity (Wildman–Crippen MR) is 106 cm³/mol. The largest absolute Gasteiger partial charge is 0.469 e. The van der Waals surface area contributed by atoms with Crippen molar-refractivity contribution in [3.05, 3.63) is 24.2 Å². The fraction of sp³-hybridized carbons (Fsp3) is 0.750. The molecule has 6 nitrogen and oxygen atoms in total. The zero-order chi connectivity index (χ0) is 18.8. The number of aliphatic imine (C=N–C) groups is 1. The van der Waals surface area contributed by atoms with Crippen molar-refractivity contribution in [2.24, 2.45) is 10.9 Å². The zero-order valence-electron chi connectivity index (χ0n) is 16.6. The first-order valence-electron chi connectivity index (χ1n) is 9.86. The molecule has 1 atom stereocenters. The Morgan fingerprint density at radius 3 is 2.73 bits per heavy atom. The van der Waals surface area contributed by atoms with Crippen LogP contribution in [0.4, 0.5) is 0 Å². The van der Waals surface area contributed by atoms with E-state index in [2.05, 4.69) is 15.6 Å². The van der Waals surface area contributed by atoms with E-state index in [9.17, 15) is 5.11 Å². The second-order valence-corrected chi connectivity index (χ2v) is 8.04. The van der Waals surface area contributed by atoms with Crippen LogP contribution in [0.25, 0.3) is 0 Å². The standard InChI is InChI=1S/C20H36N4O2/c1-20(25,16-24(2)3)15-23-19(21-12-11-18-10-7-13-26-18)22-14-17-8-5-4-6-9-17/h7,10,13,17,25H,4-6,8-9,11-12,14-16H2,1-3H3,(H2,21,22,23). The van der Waals surface area contributed by atoms with Crippen LogP contribution in [0.5, 0.6) is 0 Å². The van der Waals surface area contributed by atoms with Gasteiger partial charge in [-0.3, -0.25) is 4.99 Å². The Hall–Kier alpha value is -1.53. The molecule has 26 heavy (non-hydrogen) atoms. The van der Waals surface area contributed by atoms with Crippen molar-refractivity contribution >= 4 is 5.96 Å². The van der Waals surface area contributed by atoms with E-state index in [1.54, 1.807) is 6.26 Å². The van der Waals surface area contributed by atoms with Gasteiger partial charge in [-0.2, -0.15) is 0 Å². The Morgan fingerprint density at radius 1 is 1.31 bits per heavy atom. The van der Waals surface area contributed by atoms with Crippen LogP contribution in [-0.2, 0) is 6.42 Å². The first kappa shape index (κ1) is 20.8. The van der Waals surface area contributed by atoms with Gasteiger partial charge in [0, 0.05) is 26.1 Å². The van der Waals surface area contributed by atoms with Gasteiger partial charge in [-0.05, 0) is 51.9 Å². The number of hydrogen-bond donors (Lipinski definition) is 3. The van der Waals surface area contributed by atoms with Crippen LogP contribution in [-0.4, -0.2) is 61.8 Å². The molecule has 0 radical (unpaired) electrons. The molecule has 1 saturated carbocycles. The Kier molecular flexibility index (Phi) is 8.45. The minimum absolute atomic E-state index is 0.367. The molecular formula is C20H36N4O2. The lowest BCUT2D eigenvalue weighted by atomic mass is 9.89. The van der Waals surface area contributed by atoms with Crippen molar-refractivity contribution in [3.63, 3.8) is 0 Å². The maximum Gasteiger partial charge on any atom is 0.191 e. The van der Waals surface area contributed by atoms with Gasteiger partial charge in [0.15, 0.2) is 5.96 Å². The fourth-order valence-corrected chi connectivity index (χ4v) is 3.55. The van der Waals surface area contributed by atoms with Crippen molar-refractivity contribution in [2.75, 3.05) is 40.3 Å². The van der Waals surface area contributed by atoms with Gasteiger partial charge < -0.3 is 25.1 Å². The maximum absolute atomic E-state index is 10.5. The summed E-state index contributed by atoms with van der Waals surface area (Å²) in [5.41, 5.74) is -0.843. The van der Waals surface area contributed by atoms with Crippen molar-refractivity contribution in [2.45, 2.75) is 51.0 Å². The van der Waals surface area contributed by atoms with Crippen molar-refractivity contribution in [3.8, 4) is 0 Å². The number of nitrogens with one attached hydrogen (secondary N) is 2. The smallest absolute Gasteiger partial charge is 0.191 e. The summed E-state index contributed by atoms with van der Waals surface area (Å²) >= 11 is 0. The summed E-state index contributed by atoms with van der Waals surface area (Å²) in [5, 5.41) is 17.4. The highest BCUT2D eigenvalue weighted by molar-refractivity contribution is 5.79. The quantitative estimate of drug-likeness (QED) is 0.463. The highest BCUT2D eigenvalue weighted by Gasteiger charge is 2.21. The SMILES string of the molecule is CN(C)CC(C)(O)CN=C(NCCc1ccco1)NCC1CCCCC1. The molecule has 2 rings (SSSR count). The number of hydrogen-bond acceptors (Lipinski definition) is 4. The number of rotatable bonds is 9. The van der Waals surface area contributed by atoms with Crippen LogP contribution in [0.1, 0.15) is 44.8 Å². The van der Waals surface area contributed by atoms with Gasteiger partial charge in [0.05, 0.1) is 18.4 Å². The van der Waals surface area contributed by atoms with Gasteiger partial charge in [0.25, 0.3) is 0 Å². The molecule has 1 aliphatic carbocycles. The predicted octanol–water partition coefficient (Wildman–Crippen LogP) is 2.25. The summed E-state index contributed by atoms with van der Waals surface area (Å²) in [7, 11) is 3.92. The highest BCUT2D eigenvalue weighted by Crippen LogP contribution is 2.22. The molecule has 1 fully saturated rings. The molecule has 1 unspecified atom stereocenters. The average Bonchev–Trinajstić information content (AvgIpc) is 3.10. The number of guanidine groups is 1. The third-order valence-corrected chi connectivity index (χ3v) is 4.76. The number of furan rings is 1. The molecule has 0 saturated heterocycles. The van der Waals surface area contributed by atoms with Crippen molar-refractivity contribution in [1.29, 1.82) is 0 Å². The van der Waals surface area contributed by atoms with E-state index in [0.717, 1.165) is 37.1 Å². The molecule has 148 valence electrons. The van der Waals surface area contributed by atoms with E-state index in [1.165, 1.54) is 32.1 Å².